The molecule has 0 atom stereocenters. The summed E-state index contributed by atoms with van der Waals surface area (Å²) in [6.45, 7) is 1.17. The lowest BCUT2D eigenvalue weighted by atomic mass is 10.1. The van der Waals surface area contributed by atoms with E-state index < -0.39 is 0 Å². The summed E-state index contributed by atoms with van der Waals surface area (Å²) in [5.41, 5.74) is 2.51. The SMILES string of the molecule is c1ccc(CCCCOOCc2ccccc2)cc1. The minimum absolute atomic E-state index is 0.513. The van der Waals surface area contributed by atoms with Crippen LogP contribution in [0.4, 0.5) is 0 Å². The van der Waals surface area contributed by atoms with Crippen LogP contribution in [0.25, 0.3) is 0 Å². The summed E-state index contributed by atoms with van der Waals surface area (Å²) in [6.07, 6.45) is 3.24. The van der Waals surface area contributed by atoms with Gasteiger partial charge in [-0.15, -0.1) is 0 Å². The third-order valence-electron chi connectivity index (χ3n) is 2.94. The summed E-state index contributed by atoms with van der Waals surface area (Å²) < 4.78 is 0. The van der Waals surface area contributed by atoms with Crippen molar-refractivity contribution in [2.75, 3.05) is 6.61 Å². The summed E-state index contributed by atoms with van der Waals surface area (Å²) in [5, 5.41) is 0. The Bertz CT molecular complexity index is 396. The Morgan fingerprint density at radius 1 is 0.632 bits per heavy atom. The number of benzene rings is 2. The zero-order chi connectivity index (χ0) is 13.2. The van der Waals surface area contributed by atoms with Crippen LogP contribution in [0.2, 0.25) is 0 Å². The molecule has 0 N–H and O–H groups in total. The molecule has 0 saturated heterocycles. The molecular formula is C17H20O2. The lowest BCUT2D eigenvalue weighted by Crippen LogP contribution is -1.98. The van der Waals surface area contributed by atoms with Crippen LogP contribution < -0.4 is 0 Å². The Morgan fingerprint density at radius 3 is 1.95 bits per heavy atom. The molecule has 0 fully saturated rings. The number of hydrogen-bond donors (Lipinski definition) is 0. The first kappa shape index (κ1) is 13.8. The topological polar surface area (TPSA) is 18.5 Å². The van der Waals surface area contributed by atoms with Gasteiger partial charge in [0.1, 0.15) is 6.61 Å². The highest BCUT2D eigenvalue weighted by Crippen LogP contribution is 2.05. The van der Waals surface area contributed by atoms with Crippen molar-refractivity contribution < 1.29 is 9.78 Å². The van der Waals surface area contributed by atoms with E-state index in [0.29, 0.717) is 13.2 Å². The van der Waals surface area contributed by atoms with Gasteiger partial charge in [0.15, 0.2) is 0 Å². The number of rotatable bonds is 8. The third-order valence-corrected chi connectivity index (χ3v) is 2.94. The fraction of sp³-hybridized carbons (Fsp3) is 0.294. The molecule has 0 amide bonds. The Kier molecular flexibility index (Phi) is 6.14. The van der Waals surface area contributed by atoms with E-state index in [2.05, 4.69) is 24.3 Å². The Morgan fingerprint density at radius 2 is 1.26 bits per heavy atom. The van der Waals surface area contributed by atoms with Crippen LogP contribution in [0.5, 0.6) is 0 Å². The van der Waals surface area contributed by atoms with Crippen molar-refractivity contribution in [1.82, 2.24) is 0 Å². The first-order valence-electron chi connectivity index (χ1n) is 6.77. The average Bonchev–Trinajstić information content (AvgIpc) is 2.48. The summed E-state index contributed by atoms with van der Waals surface area (Å²) in [6, 6.07) is 20.6. The van der Waals surface area contributed by atoms with Gasteiger partial charge in [-0.05, 0) is 30.4 Å². The van der Waals surface area contributed by atoms with Gasteiger partial charge in [0.05, 0.1) is 6.61 Å². The molecule has 19 heavy (non-hydrogen) atoms. The molecule has 2 rings (SSSR count). The molecule has 0 aliphatic carbocycles. The average molecular weight is 256 g/mol. The molecule has 0 spiro atoms. The minimum Gasteiger partial charge on any atom is -0.236 e. The van der Waals surface area contributed by atoms with Crippen LogP contribution in [0.1, 0.15) is 24.0 Å². The largest absolute Gasteiger partial charge is 0.236 e. The molecule has 2 heteroatoms. The molecule has 100 valence electrons. The molecule has 2 nitrogen and oxygen atoms in total. The van der Waals surface area contributed by atoms with Crippen LogP contribution >= 0.6 is 0 Å². The van der Waals surface area contributed by atoms with Crippen molar-refractivity contribution in [3.05, 3.63) is 71.8 Å². The predicted molar refractivity (Wildman–Crippen MR) is 76.6 cm³/mol. The van der Waals surface area contributed by atoms with E-state index in [9.17, 15) is 0 Å². The van der Waals surface area contributed by atoms with Gasteiger partial charge in [-0.1, -0.05) is 60.7 Å². The van der Waals surface area contributed by atoms with E-state index in [1.54, 1.807) is 0 Å². The van der Waals surface area contributed by atoms with Crippen LogP contribution in [-0.4, -0.2) is 6.61 Å². The first-order valence-corrected chi connectivity index (χ1v) is 6.77. The lowest BCUT2D eigenvalue weighted by Gasteiger charge is -2.04. The van der Waals surface area contributed by atoms with Crippen molar-refractivity contribution in [3.63, 3.8) is 0 Å². The van der Waals surface area contributed by atoms with Crippen LogP contribution in [-0.2, 0) is 22.8 Å². The van der Waals surface area contributed by atoms with E-state index in [1.165, 1.54) is 5.56 Å². The lowest BCUT2D eigenvalue weighted by molar-refractivity contribution is -0.304. The Balaban J connectivity index is 1.49. The molecule has 0 aliphatic heterocycles. The molecular weight excluding hydrogens is 236 g/mol. The number of aryl methyl sites for hydroxylation is 1. The Hall–Kier alpha value is -1.64. The van der Waals surface area contributed by atoms with E-state index in [0.717, 1.165) is 24.8 Å². The van der Waals surface area contributed by atoms with Gasteiger partial charge in [0, 0.05) is 0 Å². The van der Waals surface area contributed by atoms with Gasteiger partial charge >= 0.3 is 0 Å². The third kappa shape index (κ3) is 5.69. The van der Waals surface area contributed by atoms with Crippen molar-refractivity contribution in [2.24, 2.45) is 0 Å². The highest BCUT2D eigenvalue weighted by Gasteiger charge is 1.95. The molecule has 2 aromatic carbocycles. The zero-order valence-corrected chi connectivity index (χ0v) is 11.1. The van der Waals surface area contributed by atoms with Gasteiger partial charge in [-0.3, -0.25) is 0 Å². The first-order chi connectivity index (χ1) is 9.45. The number of hydrogen-bond acceptors (Lipinski definition) is 2. The summed E-state index contributed by atoms with van der Waals surface area (Å²) >= 11 is 0. The minimum atomic E-state index is 0.513. The summed E-state index contributed by atoms with van der Waals surface area (Å²) in [5.74, 6) is 0. The van der Waals surface area contributed by atoms with E-state index >= 15 is 0 Å². The number of unbranched alkanes of at least 4 members (excludes halogenated alkanes) is 1. The van der Waals surface area contributed by atoms with Crippen molar-refractivity contribution in [1.29, 1.82) is 0 Å². The Labute approximate surface area is 114 Å². The second-order valence-corrected chi connectivity index (χ2v) is 4.51. The molecule has 0 saturated carbocycles. The van der Waals surface area contributed by atoms with Crippen molar-refractivity contribution in [2.45, 2.75) is 25.9 Å². The standard InChI is InChI=1S/C17H20O2/c1-3-9-16(10-4-1)11-7-8-14-18-19-15-17-12-5-2-6-13-17/h1-6,9-10,12-13H,7-8,11,14-15H2. The zero-order valence-electron chi connectivity index (χ0n) is 11.1. The maximum Gasteiger partial charge on any atom is 0.107 e. The van der Waals surface area contributed by atoms with Crippen LogP contribution in [0, 0.1) is 0 Å². The van der Waals surface area contributed by atoms with Gasteiger partial charge in [-0.2, -0.15) is 0 Å². The molecule has 0 unspecified atom stereocenters. The molecule has 0 heterocycles. The van der Waals surface area contributed by atoms with Gasteiger partial charge in [0.25, 0.3) is 0 Å². The molecule has 0 bridgehead atoms. The maximum atomic E-state index is 5.18. The van der Waals surface area contributed by atoms with Crippen molar-refractivity contribution in [3.8, 4) is 0 Å². The van der Waals surface area contributed by atoms with E-state index in [1.807, 2.05) is 36.4 Å². The molecule has 0 aliphatic rings. The smallest absolute Gasteiger partial charge is 0.107 e. The monoisotopic (exact) mass is 256 g/mol. The summed E-state index contributed by atoms with van der Waals surface area (Å²) in [4.78, 5) is 10.3. The fourth-order valence-electron chi connectivity index (χ4n) is 1.88. The highest BCUT2D eigenvalue weighted by atomic mass is 17.2. The predicted octanol–water partition coefficient (Wildman–Crippen LogP) is 4.16. The van der Waals surface area contributed by atoms with Gasteiger partial charge in [-0.25, -0.2) is 9.78 Å². The quantitative estimate of drug-likeness (QED) is 0.401. The molecule has 0 radical (unpaired) electrons. The van der Waals surface area contributed by atoms with Crippen molar-refractivity contribution >= 4 is 0 Å². The van der Waals surface area contributed by atoms with E-state index in [4.69, 9.17) is 9.78 Å². The highest BCUT2D eigenvalue weighted by molar-refractivity contribution is 5.14. The van der Waals surface area contributed by atoms with E-state index in [-0.39, 0.29) is 0 Å². The fourth-order valence-corrected chi connectivity index (χ4v) is 1.88. The van der Waals surface area contributed by atoms with Crippen LogP contribution in [0.3, 0.4) is 0 Å². The molecule has 2 aromatic rings. The maximum absolute atomic E-state index is 5.18. The second-order valence-electron chi connectivity index (χ2n) is 4.51. The van der Waals surface area contributed by atoms with Gasteiger partial charge in [0.2, 0.25) is 0 Å². The van der Waals surface area contributed by atoms with Gasteiger partial charge < -0.3 is 0 Å². The normalized spacial score (nSPS) is 10.5. The van der Waals surface area contributed by atoms with Crippen LogP contribution in [0.15, 0.2) is 60.7 Å². The summed E-state index contributed by atoms with van der Waals surface area (Å²) in [7, 11) is 0. The second kappa shape index (κ2) is 8.46. The molecule has 0 aromatic heterocycles.